The number of hydrogen-bond acceptors (Lipinski definition) is 4. The Labute approximate surface area is 113 Å². The molecule has 6 nitrogen and oxygen atoms in total. The molecule has 2 amide bonds. The monoisotopic (exact) mass is 269 g/mol. The van der Waals surface area contributed by atoms with Gasteiger partial charge < -0.3 is 15.4 Å². The van der Waals surface area contributed by atoms with Gasteiger partial charge in [-0.05, 0) is 33.6 Å². The van der Waals surface area contributed by atoms with Gasteiger partial charge in [-0.3, -0.25) is 9.69 Å². The van der Waals surface area contributed by atoms with Crippen LogP contribution in [0.5, 0.6) is 0 Å². The van der Waals surface area contributed by atoms with Crippen LogP contribution in [0.4, 0.5) is 4.79 Å². The molecule has 2 aliphatic rings. The first-order valence-corrected chi connectivity index (χ1v) is 6.86. The van der Waals surface area contributed by atoms with Gasteiger partial charge in [0.25, 0.3) is 0 Å². The van der Waals surface area contributed by atoms with Crippen molar-refractivity contribution in [3.8, 4) is 0 Å². The largest absolute Gasteiger partial charge is 0.444 e. The highest BCUT2D eigenvalue weighted by Gasteiger charge is 2.38. The Morgan fingerprint density at radius 1 is 1.47 bits per heavy atom. The van der Waals surface area contributed by atoms with E-state index in [1.54, 1.807) is 0 Å². The average Bonchev–Trinajstić information content (AvgIpc) is 2.57. The van der Waals surface area contributed by atoms with Gasteiger partial charge in [0.1, 0.15) is 5.60 Å². The molecular weight excluding hydrogens is 246 g/mol. The van der Waals surface area contributed by atoms with Crippen molar-refractivity contribution in [2.45, 2.75) is 51.3 Å². The van der Waals surface area contributed by atoms with Crippen molar-refractivity contribution in [3.63, 3.8) is 0 Å². The van der Waals surface area contributed by atoms with Gasteiger partial charge in [0.2, 0.25) is 5.91 Å². The molecule has 0 aromatic rings. The predicted molar refractivity (Wildman–Crippen MR) is 70.8 cm³/mol. The maximum Gasteiger partial charge on any atom is 0.407 e. The second kappa shape index (κ2) is 5.36. The van der Waals surface area contributed by atoms with Crippen molar-refractivity contribution in [1.82, 2.24) is 15.5 Å². The summed E-state index contributed by atoms with van der Waals surface area (Å²) in [6, 6.07) is -0.119. The van der Waals surface area contributed by atoms with E-state index in [0.717, 1.165) is 26.1 Å². The van der Waals surface area contributed by atoms with Crippen LogP contribution in [0.1, 0.15) is 33.6 Å². The summed E-state index contributed by atoms with van der Waals surface area (Å²) in [6.07, 6.45) is 1.21. The van der Waals surface area contributed by atoms with E-state index in [4.69, 9.17) is 4.74 Å². The van der Waals surface area contributed by atoms with Crippen LogP contribution in [0.15, 0.2) is 0 Å². The van der Waals surface area contributed by atoms with E-state index in [0.29, 0.717) is 6.42 Å². The van der Waals surface area contributed by atoms with Gasteiger partial charge in [0.15, 0.2) is 0 Å². The molecule has 2 saturated heterocycles. The first-order chi connectivity index (χ1) is 8.85. The zero-order chi connectivity index (χ0) is 14.0. The number of ether oxygens (including phenoxy) is 1. The van der Waals surface area contributed by atoms with Crippen LogP contribution >= 0.6 is 0 Å². The Hall–Kier alpha value is -1.30. The third-order valence-electron chi connectivity index (χ3n) is 3.35. The van der Waals surface area contributed by atoms with Gasteiger partial charge in [0, 0.05) is 25.7 Å². The maximum atomic E-state index is 11.9. The van der Waals surface area contributed by atoms with Gasteiger partial charge in [-0.2, -0.15) is 0 Å². The number of nitrogens with one attached hydrogen (secondary N) is 2. The van der Waals surface area contributed by atoms with E-state index in [2.05, 4.69) is 15.5 Å². The van der Waals surface area contributed by atoms with Crippen molar-refractivity contribution in [2.24, 2.45) is 0 Å². The lowest BCUT2D eigenvalue weighted by Gasteiger charge is -2.22. The molecule has 0 unspecified atom stereocenters. The Balaban J connectivity index is 1.88. The van der Waals surface area contributed by atoms with E-state index in [9.17, 15) is 9.59 Å². The lowest BCUT2D eigenvalue weighted by molar-refractivity contribution is -0.124. The smallest absolute Gasteiger partial charge is 0.407 e. The van der Waals surface area contributed by atoms with Crippen LogP contribution in [-0.2, 0) is 9.53 Å². The molecule has 0 spiro atoms. The molecule has 6 heteroatoms. The number of carbonyl (C=O) groups excluding carboxylic acids is 2. The molecule has 0 bridgehead atoms. The molecule has 2 N–H and O–H groups in total. The molecule has 108 valence electrons. The summed E-state index contributed by atoms with van der Waals surface area (Å²) in [5, 5.41) is 5.75. The van der Waals surface area contributed by atoms with Crippen molar-refractivity contribution < 1.29 is 14.3 Å². The number of carbonyl (C=O) groups is 2. The zero-order valence-corrected chi connectivity index (χ0v) is 11.9. The normalized spacial score (nSPS) is 28.3. The maximum absolute atomic E-state index is 11.9. The number of fused-ring (bicyclic) bond motifs is 1. The fourth-order valence-electron chi connectivity index (χ4n) is 2.61. The minimum atomic E-state index is -0.495. The summed E-state index contributed by atoms with van der Waals surface area (Å²) in [4.78, 5) is 25.7. The van der Waals surface area contributed by atoms with Gasteiger partial charge in [-0.25, -0.2) is 4.79 Å². The van der Waals surface area contributed by atoms with Crippen LogP contribution in [0.25, 0.3) is 0 Å². The lowest BCUT2D eigenvalue weighted by Crippen LogP contribution is -2.40. The summed E-state index contributed by atoms with van der Waals surface area (Å²) < 4.78 is 5.24. The van der Waals surface area contributed by atoms with Crippen molar-refractivity contribution in [1.29, 1.82) is 0 Å². The van der Waals surface area contributed by atoms with Gasteiger partial charge >= 0.3 is 6.09 Å². The molecule has 0 aliphatic carbocycles. The standard InChI is InChI=1S/C13H23N3O3/c1-13(2,3)19-12(18)15-9-7-10-11(17)14-5-4-6-16(10)8-9/h9-10H,4-8H2,1-3H3,(H,14,17)(H,15,18)/t9-,10-/m0/s1. The van der Waals surface area contributed by atoms with E-state index in [1.807, 2.05) is 20.8 Å². The van der Waals surface area contributed by atoms with E-state index >= 15 is 0 Å². The Bertz CT molecular complexity index is 365. The van der Waals surface area contributed by atoms with Crippen LogP contribution in [0.2, 0.25) is 0 Å². The van der Waals surface area contributed by atoms with Crippen LogP contribution in [0, 0.1) is 0 Å². The first kappa shape index (κ1) is 14.1. The minimum Gasteiger partial charge on any atom is -0.444 e. The van der Waals surface area contributed by atoms with Crippen LogP contribution in [0.3, 0.4) is 0 Å². The van der Waals surface area contributed by atoms with Crippen molar-refractivity contribution in [2.75, 3.05) is 19.6 Å². The first-order valence-electron chi connectivity index (χ1n) is 6.86. The summed E-state index contributed by atoms with van der Waals surface area (Å²) >= 11 is 0. The SMILES string of the molecule is CC(C)(C)OC(=O)N[C@H]1C[C@H]2C(=O)NCCCN2C1. The summed E-state index contributed by atoms with van der Waals surface area (Å²) in [7, 11) is 0. The van der Waals surface area contributed by atoms with E-state index < -0.39 is 11.7 Å². The number of amides is 2. The number of alkyl carbamates (subject to hydrolysis) is 1. The molecular formula is C13H23N3O3. The van der Waals surface area contributed by atoms with Crippen LogP contribution in [-0.4, -0.2) is 54.2 Å². The second-order valence-corrected chi connectivity index (χ2v) is 6.23. The predicted octanol–water partition coefficient (Wildman–Crippen LogP) is 0.474. The number of rotatable bonds is 1. The molecule has 0 radical (unpaired) electrons. The zero-order valence-electron chi connectivity index (χ0n) is 11.9. The minimum absolute atomic E-state index is 0.0105. The topological polar surface area (TPSA) is 70.7 Å². The molecule has 2 rings (SSSR count). The van der Waals surface area contributed by atoms with E-state index in [-0.39, 0.29) is 18.0 Å². The second-order valence-electron chi connectivity index (χ2n) is 6.23. The summed E-state index contributed by atoms with van der Waals surface area (Å²) in [5.41, 5.74) is -0.495. The van der Waals surface area contributed by atoms with Crippen molar-refractivity contribution in [3.05, 3.63) is 0 Å². The third-order valence-corrected chi connectivity index (χ3v) is 3.35. The third kappa shape index (κ3) is 3.83. The fourth-order valence-corrected chi connectivity index (χ4v) is 2.61. The lowest BCUT2D eigenvalue weighted by atomic mass is 10.1. The molecule has 2 aliphatic heterocycles. The molecule has 0 aromatic carbocycles. The number of nitrogens with zero attached hydrogens (tertiary/aromatic N) is 1. The van der Waals surface area contributed by atoms with E-state index in [1.165, 1.54) is 0 Å². The molecule has 2 atom stereocenters. The number of hydrogen-bond donors (Lipinski definition) is 2. The van der Waals surface area contributed by atoms with Crippen LogP contribution < -0.4 is 10.6 Å². The highest BCUT2D eigenvalue weighted by Crippen LogP contribution is 2.20. The van der Waals surface area contributed by atoms with Gasteiger partial charge in [-0.1, -0.05) is 0 Å². The van der Waals surface area contributed by atoms with Gasteiger partial charge in [0.05, 0.1) is 6.04 Å². The highest BCUT2D eigenvalue weighted by molar-refractivity contribution is 5.82. The average molecular weight is 269 g/mol. The highest BCUT2D eigenvalue weighted by atomic mass is 16.6. The Morgan fingerprint density at radius 3 is 2.89 bits per heavy atom. The molecule has 0 aromatic heterocycles. The Kier molecular flexibility index (Phi) is 3.99. The van der Waals surface area contributed by atoms with Crippen molar-refractivity contribution >= 4 is 12.0 Å². The fraction of sp³-hybridized carbons (Fsp3) is 0.846. The Morgan fingerprint density at radius 2 is 2.21 bits per heavy atom. The van der Waals surface area contributed by atoms with Gasteiger partial charge in [-0.15, -0.1) is 0 Å². The quantitative estimate of drug-likeness (QED) is 0.726. The molecule has 19 heavy (non-hydrogen) atoms. The summed E-state index contributed by atoms with van der Waals surface area (Å²) in [6.45, 7) is 7.87. The summed E-state index contributed by atoms with van der Waals surface area (Å²) in [5.74, 6) is 0.0750. The molecule has 2 fully saturated rings. The molecule has 2 heterocycles. The molecule has 0 saturated carbocycles.